The molecule has 1 aromatic rings. The smallest absolute Gasteiger partial charge is 0.233 e. The second kappa shape index (κ2) is 8.21. The molecule has 3 amide bonds. The van der Waals surface area contributed by atoms with E-state index >= 15 is 0 Å². The van der Waals surface area contributed by atoms with E-state index in [1.54, 1.807) is 11.0 Å². The lowest BCUT2D eigenvalue weighted by atomic mass is 9.81. The SMILES string of the molecule is CCN(Cc1ccccc1Cl)C(=O)CCN1C(=O)C2CCCCC2C1=O. The van der Waals surface area contributed by atoms with E-state index in [0.29, 0.717) is 18.1 Å². The van der Waals surface area contributed by atoms with Gasteiger partial charge in [-0.05, 0) is 31.4 Å². The Labute approximate surface area is 159 Å². The van der Waals surface area contributed by atoms with Crippen LogP contribution in [-0.2, 0) is 20.9 Å². The lowest BCUT2D eigenvalue weighted by molar-refractivity contribution is -0.141. The first-order valence-electron chi connectivity index (χ1n) is 9.39. The van der Waals surface area contributed by atoms with E-state index in [-0.39, 0.29) is 42.5 Å². The number of hydrogen-bond donors (Lipinski definition) is 0. The lowest BCUT2D eigenvalue weighted by Crippen LogP contribution is -2.37. The van der Waals surface area contributed by atoms with E-state index in [1.807, 2.05) is 25.1 Å². The number of likely N-dealkylation sites (tertiary alicyclic amines) is 1. The summed E-state index contributed by atoms with van der Waals surface area (Å²) in [7, 11) is 0. The van der Waals surface area contributed by atoms with Gasteiger partial charge in [-0.25, -0.2) is 0 Å². The van der Waals surface area contributed by atoms with Crippen molar-refractivity contribution >= 4 is 29.3 Å². The maximum absolute atomic E-state index is 12.6. The van der Waals surface area contributed by atoms with Crippen LogP contribution in [-0.4, -0.2) is 40.6 Å². The summed E-state index contributed by atoms with van der Waals surface area (Å²) in [6.45, 7) is 3.08. The van der Waals surface area contributed by atoms with Crippen LogP contribution in [0, 0.1) is 11.8 Å². The van der Waals surface area contributed by atoms with Crippen molar-refractivity contribution in [3.8, 4) is 0 Å². The molecule has 26 heavy (non-hydrogen) atoms. The van der Waals surface area contributed by atoms with Gasteiger partial charge in [0.2, 0.25) is 17.7 Å². The van der Waals surface area contributed by atoms with Gasteiger partial charge in [0.1, 0.15) is 0 Å². The van der Waals surface area contributed by atoms with Gasteiger partial charge < -0.3 is 4.90 Å². The molecule has 2 aliphatic rings. The average Bonchev–Trinajstić information content (AvgIpc) is 2.90. The standard InChI is InChI=1S/C20H25ClN2O3/c1-2-22(13-14-7-3-6-10-17(14)21)18(24)11-12-23-19(25)15-8-4-5-9-16(15)20(23)26/h3,6-7,10,15-16H,2,4-5,8-9,11-13H2,1H3. The van der Waals surface area contributed by atoms with Crippen molar-refractivity contribution in [1.29, 1.82) is 0 Å². The van der Waals surface area contributed by atoms with Crippen LogP contribution in [0.5, 0.6) is 0 Å². The minimum Gasteiger partial charge on any atom is -0.339 e. The number of amides is 3. The predicted molar refractivity (Wildman–Crippen MR) is 99.3 cm³/mol. The lowest BCUT2D eigenvalue weighted by Gasteiger charge is -2.23. The Morgan fingerprint density at radius 2 is 1.77 bits per heavy atom. The van der Waals surface area contributed by atoms with Crippen molar-refractivity contribution < 1.29 is 14.4 Å². The Kier molecular flexibility index (Phi) is 5.97. The number of halogens is 1. The fraction of sp³-hybridized carbons (Fsp3) is 0.550. The van der Waals surface area contributed by atoms with Crippen LogP contribution in [0.4, 0.5) is 0 Å². The molecule has 1 aromatic carbocycles. The molecular formula is C20H25ClN2O3. The van der Waals surface area contributed by atoms with Crippen molar-refractivity contribution in [1.82, 2.24) is 9.80 Å². The Hall–Kier alpha value is -1.88. The van der Waals surface area contributed by atoms with Crippen LogP contribution in [0.1, 0.15) is 44.6 Å². The first kappa shape index (κ1) is 18.9. The summed E-state index contributed by atoms with van der Waals surface area (Å²) in [4.78, 5) is 40.6. The highest BCUT2D eigenvalue weighted by Crippen LogP contribution is 2.38. The van der Waals surface area contributed by atoms with Crippen molar-refractivity contribution in [3.63, 3.8) is 0 Å². The molecule has 6 heteroatoms. The second-order valence-electron chi connectivity index (χ2n) is 7.07. The van der Waals surface area contributed by atoms with E-state index in [4.69, 9.17) is 11.6 Å². The Balaban J connectivity index is 1.59. The van der Waals surface area contributed by atoms with E-state index in [1.165, 1.54) is 4.90 Å². The number of imide groups is 1. The van der Waals surface area contributed by atoms with E-state index in [0.717, 1.165) is 31.2 Å². The molecule has 2 unspecified atom stereocenters. The largest absolute Gasteiger partial charge is 0.339 e. The number of hydrogen-bond acceptors (Lipinski definition) is 3. The highest BCUT2D eigenvalue weighted by atomic mass is 35.5. The van der Waals surface area contributed by atoms with Gasteiger partial charge in [0.05, 0.1) is 11.8 Å². The highest BCUT2D eigenvalue weighted by molar-refractivity contribution is 6.31. The summed E-state index contributed by atoms with van der Waals surface area (Å²) in [5, 5.41) is 0.632. The third-order valence-electron chi connectivity index (χ3n) is 5.54. The summed E-state index contributed by atoms with van der Waals surface area (Å²) in [5.74, 6) is -0.542. The monoisotopic (exact) mass is 376 g/mol. The quantitative estimate of drug-likeness (QED) is 0.716. The van der Waals surface area contributed by atoms with Gasteiger partial charge >= 0.3 is 0 Å². The summed E-state index contributed by atoms with van der Waals surface area (Å²) in [6, 6.07) is 7.45. The molecule has 3 rings (SSSR count). The molecule has 0 aromatic heterocycles. The Bertz CT molecular complexity index is 682. The van der Waals surface area contributed by atoms with Gasteiger partial charge in [-0.1, -0.05) is 42.6 Å². The highest BCUT2D eigenvalue weighted by Gasteiger charge is 2.47. The molecule has 1 saturated carbocycles. The third kappa shape index (κ3) is 3.78. The predicted octanol–water partition coefficient (Wildman–Crippen LogP) is 3.25. The number of carbonyl (C=O) groups is 3. The van der Waals surface area contributed by atoms with E-state index < -0.39 is 0 Å². The molecule has 5 nitrogen and oxygen atoms in total. The maximum atomic E-state index is 12.6. The van der Waals surface area contributed by atoms with E-state index in [9.17, 15) is 14.4 Å². The zero-order chi connectivity index (χ0) is 18.7. The first-order valence-corrected chi connectivity index (χ1v) is 9.77. The van der Waals surface area contributed by atoms with Crippen LogP contribution in [0.15, 0.2) is 24.3 Å². The molecular weight excluding hydrogens is 352 g/mol. The van der Waals surface area contributed by atoms with Gasteiger partial charge in [-0.2, -0.15) is 0 Å². The van der Waals surface area contributed by atoms with Gasteiger partial charge in [-0.15, -0.1) is 0 Å². The second-order valence-corrected chi connectivity index (χ2v) is 7.48. The fourth-order valence-electron chi connectivity index (χ4n) is 4.03. The van der Waals surface area contributed by atoms with Gasteiger partial charge in [0.15, 0.2) is 0 Å². The first-order chi connectivity index (χ1) is 12.5. The number of nitrogens with zero attached hydrogens (tertiary/aromatic N) is 2. The zero-order valence-electron chi connectivity index (χ0n) is 15.1. The molecule has 0 spiro atoms. The molecule has 0 radical (unpaired) electrons. The van der Waals surface area contributed by atoms with Crippen LogP contribution in [0.25, 0.3) is 0 Å². The molecule has 1 aliphatic heterocycles. The molecule has 1 saturated heterocycles. The summed E-state index contributed by atoms with van der Waals surface area (Å²) < 4.78 is 0. The van der Waals surface area contributed by atoms with Crippen LogP contribution in [0.2, 0.25) is 5.02 Å². The van der Waals surface area contributed by atoms with E-state index in [2.05, 4.69) is 0 Å². The van der Waals surface area contributed by atoms with Gasteiger partial charge in [-0.3, -0.25) is 19.3 Å². The number of rotatable bonds is 6. The van der Waals surface area contributed by atoms with Crippen LogP contribution in [0.3, 0.4) is 0 Å². The van der Waals surface area contributed by atoms with Gasteiger partial charge in [0, 0.05) is 31.1 Å². The third-order valence-corrected chi connectivity index (χ3v) is 5.90. The summed E-state index contributed by atoms with van der Waals surface area (Å²) >= 11 is 6.18. The minimum absolute atomic E-state index is 0.0668. The number of benzene rings is 1. The molecule has 0 N–H and O–H groups in total. The number of fused-ring (bicyclic) bond motifs is 1. The Morgan fingerprint density at radius 1 is 1.15 bits per heavy atom. The molecule has 140 valence electrons. The molecule has 1 aliphatic carbocycles. The summed E-state index contributed by atoms with van der Waals surface area (Å²) in [6.07, 6.45) is 3.78. The molecule has 2 atom stereocenters. The normalized spacial score (nSPS) is 22.5. The molecule has 2 fully saturated rings. The van der Waals surface area contributed by atoms with Crippen molar-refractivity contribution in [2.24, 2.45) is 11.8 Å². The zero-order valence-corrected chi connectivity index (χ0v) is 15.9. The maximum Gasteiger partial charge on any atom is 0.233 e. The Morgan fingerprint density at radius 3 is 2.35 bits per heavy atom. The minimum atomic E-state index is -0.156. The van der Waals surface area contributed by atoms with Gasteiger partial charge in [0.25, 0.3) is 0 Å². The van der Waals surface area contributed by atoms with Crippen LogP contribution < -0.4 is 0 Å². The molecule has 0 bridgehead atoms. The fourth-order valence-corrected chi connectivity index (χ4v) is 4.22. The topological polar surface area (TPSA) is 57.7 Å². The number of carbonyl (C=O) groups excluding carboxylic acids is 3. The van der Waals surface area contributed by atoms with Crippen LogP contribution >= 0.6 is 11.6 Å². The average molecular weight is 377 g/mol. The summed E-state index contributed by atoms with van der Waals surface area (Å²) in [5.41, 5.74) is 0.892. The van der Waals surface area contributed by atoms with Crippen molar-refractivity contribution in [2.45, 2.75) is 45.6 Å². The molecule has 1 heterocycles. The van der Waals surface area contributed by atoms with Crippen molar-refractivity contribution in [2.75, 3.05) is 13.1 Å². The van der Waals surface area contributed by atoms with Crippen molar-refractivity contribution in [3.05, 3.63) is 34.9 Å².